The molecule has 19 heavy (non-hydrogen) atoms. The number of benzene rings is 1. The Hall–Kier alpha value is -1.51. The molecule has 1 aromatic carbocycles. The molecule has 3 nitrogen and oxygen atoms in total. The number of hydrogen-bond donors (Lipinski definition) is 1. The Bertz CT molecular complexity index is 449. The van der Waals surface area contributed by atoms with E-state index in [4.69, 9.17) is 9.84 Å². The van der Waals surface area contributed by atoms with Gasteiger partial charge in [-0.25, -0.2) is 4.79 Å². The van der Waals surface area contributed by atoms with Gasteiger partial charge in [0.05, 0.1) is 0 Å². The van der Waals surface area contributed by atoms with Crippen molar-refractivity contribution in [3.05, 3.63) is 29.3 Å². The van der Waals surface area contributed by atoms with Crippen LogP contribution in [0, 0.1) is 6.92 Å². The van der Waals surface area contributed by atoms with E-state index in [0.717, 1.165) is 12.0 Å². The molecule has 0 aromatic heterocycles. The van der Waals surface area contributed by atoms with Gasteiger partial charge in [-0.1, -0.05) is 33.8 Å². The first-order chi connectivity index (χ1) is 8.81. The normalized spacial score (nSPS) is 13.1. The molecule has 0 spiro atoms. The van der Waals surface area contributed by atoms with Crippen LogP contribution in [0.4, 0.5) is 0 Å². The van der Waals surface area contributed by atoms with Crippen LogP contribution in [-0.4, -0.2) is 17.2 Å². The summed E-state index contributed by atoms with van der Waals surface area (Å²) in [6, 6.07) is 5.84. The lowest BCUT2D eigenvalue weighted by Gasteiger charge is -2.26. The van der Waals surface area contributed by atoms with Gasteiger partial charge < -0.3 is 9.84 Å². The molecule has 1 aromatic rings. The molecule has 3 heteroatoms. The second-order valence-electron chi connectivity index (χ2n) is 5.57. The van der Waals surface area contributed by atoms with Gasteiger partial charge >= 0.3 is 5.97 Å². The van der Waals surface area contributed by atoms with Crippen molar-refractivity contribution in [3.63, 3.8) is 0 Å². The smallest absolute Gasteiger partial charge is 0.344 e. The predicted octanol–water partition coefficient (Wildman–Crippen LogP) is 3.92. The summed E-state index contributed by atoms with van der Waals surface area (Å²) in [7, 11) is 0. The van der Waals surface area contributed by atoms with Crippen LogP contribution in [0.5, 0.6) is 5.75 Å². The van der Waals surface area contributed by atoms with Crippen LogP contribution in [0.2, 0.25) is 0 Å². The van der Waals surface area contributed by atoms with Gasteiger partial charge in [-0.15, -0.1) is 0 Å². The molecule has 0 aliphatic carbocycles. The number of hydrogen-bond acceptors (Lipinski definition) is 2. The van der Waals surface area contributed by atoms with Crippen molar-refractivity contribution in [1.82, 2.24) is 0 Å². The molecule has 1 rings (SSSR count). The van der Waals surface area contributed by atoms with Crippen molar-refractivity contribution < 1.29 is 14.6 Å². The topological polar surface area (TPSA) is 46.5 Å². The maximum Gasteiger partial charge on any atom is 0.344 e. The molecule has 0 aliphatic heterocycles. The molecule has 0 bridgehead atoms. The molecule has 0 fully saturated rings. The minimum atomic E-state index is -0.918. The molecule has 1 atom stereocenters. The van der Waals surface area contributed by atoms with E-state index in [0.29, 0.717) is 12.2 Å². The second kappa shape index (κ2) is 6.09. The fourth-order valence-corrected chi connectivity index (χ4v) is 2.13. The number of carboxylic acids is 1. The molecule has 0 radical (unpaired) electrons. The summed E-state index contributed by atoms with van der Waals surface area (Å²) in [5.74, 6) is -0.291. The van der Waals surface area contributed by atoms with Crippen LogP contribution in [0.1, 0.15) is 51.7 Å². The molecule has 0 aliphatic rings. The zero-order chi connectivity index (χ0) is 14.6. The summed E-state index contributed by atoms with van der Waals surface area (Å²) in [5, 5.41) is 9.00. The third-order valence-corrected chi connectivity index (χ3v) is 3.74. The Kier molecular flexibility index (Phi) is 4.98. The number of aryl methyl sites for hydroxylation is 1. The van der Waals surface area contributed by atoms with Gasteiger partial charge in [-0.05, 0) is 48.4 Å². The van der Waals surface area contributed by atoms with Gasteiger partial charge in [0.15, 0.2) is 6.10 Å². The average Bonchev–Trinajstić information content (AvgIpc) is 2.35. The van der Waals surface area contributed by atoms with Gasteiger partial charge in [0.25, 0.3) is 0 Å². The molecule has 0 amide bonds. The molecule has 0 unspecified atom stereocenters. The third-order valence-electron chi connectivity index (χ3n) is 3.74. The lowest BCUT2D eigenvalue weighted by Crippen LogP contribution is -2.26. The fourth-order valence-electron chi connectivity index (χ4n) is 2.13. The standard InChI is InChI=1S/C16H24O3/c1-6-14(15(17)18)19-12-8-9-13(11(3)10-12)16(4,5)7-2/h8-10,14H,6-7H2,1-5H3,(H,17,18)/t14-/m1/s1. The van der Waals surface area contributed by atoms with Crippen molar-refractivity contribution >= 4 is 5.97 Å². The molecule has 0 saturated carbocycles. The summed E-state index contributed by atoms with van der Waals surface area (Å²) in [6.07, 6.45) is 0.738. The minimum Gasteiger partial charge on any atom is -0.479 e. The summed E-state index contributed by atoms with van der Waals surface area (Å²) < 4.78 is 5.51. The molecular weight excluding hydrogens is 240 g/mol. The van der Waals surface area contributed by atoms with Crippen LogP contribution in [0.15, 0.2) is 18.2 Å². The molecule has 0 saturated heterocycles. The number of aliphatic carboxylic acids is 1. The minimum absolute atomic E-state index is 0.125. The average molecular weight is 264 g/mol. The van der Waals surface area contributed by atoms with E-state index in [1.165, 1.54) is 5.56 Å². The number of ether oxygens (including phenoxy) is 1. The first-order valence-corrected chi connectivity index (χ1v) is 6.82. The van der Waals surface area contributed by atoms with Crippen molar-refractivity contribution in [2.45, 2.75) is 59.0 Å². The monoisotopic (exact) mass is 264 g/mol. The molecular formula is C16H24O3. The summed E-state index contributed by atoms with van der Waals surface area (Å²) >= 11 is 0. The zero-order valence-corrected chi connectivity index (χ0v) is 12.5. The predicted molar refractivity (Wildman–Crippen MR) is 76.8 cm³/mol. The summed E-state index contributed by atoms with van der Waals surface area (Å²) in [5.41, 5.74) is 2.55. The van der Waals surface area contributed by atoms with Crippen LogP contribution in [0.25, 0.3) is 0 Å². The van der Waals surface area contributed by atoms with Gasteiger partial charge in [0.1, 0.15) is 5.75 Å². The highest BCUT2D eigenvalue weighted by atomic mass is 16.5. The van der Waals surface area contributed by atoms with Crippen molar-refractivity contribution in [3.8, 4) is 5.75 Å². The Balaban J connectivity index is 2.97. The Morgan fingerprint density at radius 2 is 2.00 bits per heavy atom. The highest BCUT2D eigenvalue weighted by molar-refractivity contribution is 5.72. The Morgan fingerprint density at radius 1 is 1.37 bits per heavy atom. The lowest BCUT2D eigenvalue weighted by atomic mass is 9.80. The van der Waals surface area contributed by atoms with E-state index in [1.807, 2.05) is 25.1 Å². The van der Waals surface area contributed by atoms with Crippen LogP contribution in [-0.2, 0) is 10.2 Å². The SMILES string of the molecule is CC[C@@H](Oc1ccc(C(C)(C)CC)c(C)c1)C(=O)O. The maximum absolute atomic E-state index is 11.0. The molecule has 0 heterocycles. The lowest BCUT2D eigenvalue weighted by molar-refractivity contribution is -0.145. The van der Waals surface area contributed by atoms with Gasteiger partial charge in [-0.3, -0.25) is 0 Å². The number of carboxylic acid groups (broad SMARTS) is 1. The van der Waals surface area contributed by atoms with Gasteiger partial charge in [-0.2, -0.15) is 0 Å². The zero-order valence-electron chi connectivity index (χ0n) is 12.5. The summed E-state index contributed by atoms with van der Waals surface area (Å²) in [4.78, 5) is 11.0. The summed E-state index contributed by atoms with van der Waals surface area (Å²) in [6.45, 7) is 10.4. The molecule has 106 valence electrons. The van der Waals surface area contributed by atoms with Crippen molar-refractivity contribution in [1.29, 1.82) is 0 Å². The Morgan fingerprint density at radius 3 is 2.42 bits per heavy atom. The number of rotatable bonds is 6. The quantitative estimate of drug-likeness (QED) is 0.847. The van der Waals surface area contributed by atoms with Gasteiger partial charge in [0.2, 0.25) is 0 Å². The van der Waals surface area contributed by atoms with E-state index < -0.39 is 12.1 Å². The van der Waals surface area contributed by atoms with Gasteiger partial charge in [0, 0.05) is 0 Å². The van der Waals surface area contributed by atoms with E-state index >= 15 is 0 Å². The highest BCUT2D eigenvalue weighted by Crippen LogP contribution is 2.31. The molecule has 1 N–H and O–H groups in total. The number of carbonyl (C=O) groups is 1. The van der Waals surface area contributed by atoms with Crippen molar-refractivity contribution in [2.24, 2.45) is 0 Å². The van der Waals surface area contributed by atoms with E-state index in [2.05, 4.69) is 20.8 Å². The van der Waals surface area contributed by atoms with Crippen LogP contribution in [0.3, 0.4) is 0 Å². The first-order valence-electron chi connectivity index (χ1n) is 6.82. The fraction of sp³-hybridized carbons (Fsp3) is 0.562. The highest BCUT2D eigenvalue weighted by Gasteiger charge is 2.21. The Labute approximate surface area is 115 Å². The first kappa shape index (κ1) is 15.5. The third kappa shape index (κ3) is 3.72. The van der Waals surface area contributed by atoms with E-state index in [-0.39, 0.29) is 5.41 Å². The van der Waals surface area contributed by atoms with Crippen LogP contribution < -0.4 is 4.74 Å². The van der Waals surface area contributed by atoms with Crippen molar-refractivity contribution in [2.75, 3.05) is 0 Å². The maximum atomic E-state index is 11.0. The van der Waals surface area contributed by atoms with Crippen LogP contribution >= 0.6 is 0 Å². The van der Waals surface area contributed by atoms with E-state index in [9.17, 15) is 4.79 Å². The largest absolute Gasteiger partial charge is 0.479 e. The van der Waals surface area contributed by atoms with E-state index in [1.54, 1.807) is 6.92 Å². The second-order valence-corrected chi connectivity index (χ2v) is 5.57.